The third-order valence-electron chi connectivity index (χ3n) is 4.24. The summed E-state index contributed by atoms with van der Waals surface area (Å²) in [6.45, 7) is 8.02. The van der Waals surface area contributed by atoms with Gasteiger partial charge in [0.25, 0.3) is 0 Å². The predicted molar refractivity (Wildman–Crippen MR) is 76.4 cm³/mol. The van der Waals surface area contributed by atoms with Crippen LogP contribution >= 0.6 is 0 Å². The Labute approximate surface area is 111 Å². The molecular formula is C16H25NO. The normalized spacial score (nSPS) is 21.4. The van der Waals surface area contributed by atoms with Gasteiger partial charge in [0, 0.05) is 11.5 Å². The molecule has 1 aliphatic carbocycles. The average molecular weight is 247 g/mol. The molecule has 18 heavy (non-hydrogen) atoms. The van der Waals surface area contributed by atoms with Crippen LogP contribution in [0.25, 0.3) is 0 Å². The van der Waals surface area contributed by atoms with Crippen LogP contribution in [0, 0.1) is 0 Å². The van der Waals surface area contributed by atoms with Crippen molar-refractivity contribution in [2.24, 2.45) is 0 Å². The van der Waals surface area contributed by atoms with Gasteiger partial charge >= 0.3 is 0 Å². The summed E-state index contributed by atoms with van der Waals surface area (Å²) in [6, 6.07) is 7.02. The van der Waals surface area contributed by atoms with E-state index in [-0.39, 0.29) is 5.41 Å². The molecule has 0 bridgehead atoms. The molecule has 0 aromatic heterocycles. The van der Waals surface area contributed by atoms with E-state index in [4.69, 9.17) is 4.74 Å². The van der Waals surface area contributed by atoms with Gasteiger partial charge in [-0.25, -0.2) is 0 Å². The SMILES string of the molecule is CCCN[C@@H]1CCc2c(OC)cccc2C1(C)C. The Bertz CT molecular complexity index is 412. The maximum absolute atomic E-state index is 5.50. The third kappa shape index (κ3) is 2.26. The van der Waals surface area contributed by atoms with E-state index in [0.29, 0.717) is 6.04 Å². The molecule has 0 fully saturated rings. The molecule has 1 N–H and O–H groups in total. The van der Waals surface area contributed by atoms with Crippen molar-refractivity contribution in [3.63, 3.8) is 0 Å². The van der Waals surface area contributed by atoms with Crippen molar-refractivity contribution in [1.29, 1.82) is 0 Å². The van der Waals surface area contributed by atoms with Crippen LogP contribution < -0.4 is 10.1 Å². The first-order valence-corrected chi connectivity index (χ1v) is 7.01. The first kappa shape index (κ1) is 13.4. The zero-order valence-electron chi connectivity index (χ0n) is 12.0. The molecule has 1 aromatic carbocycles. The molecule has 0 amide bonds. The molecule has 0 spiro atoms. The predicted octanol–water partition coefficient (Wildman–Crippen LogP) is 3.29. The largest absolute Gasteiger partial charge is 0.496 e. The van der Waals surface area contributed by atoms with E-state index in [1.807, 2.05) is 0 Å². The average Bonchev–Trinajstić information content (AvgIpc) is 2.37. The number of nitrogens with one attached hydrogen (secondary N) is 1. The standard InChI is InChI=1S/C16H25NO/c1-5-11-17-15-10-9-12-13(16(15,2)3)7-6-8-14(12)18-4/h6-8,15,17H,5,9-11H2,1-4H3/t15-/m1/s1. The van der Waals surface area contributed by atoms with Gasteiger partial charge in [-0.05, 0) is 43.0 Å². The van der Waals surface area contributed by atoms with E-state index in [1.165, 1.54) is 24.0 Å². The number of fused-ring (bicyclic) bond motifs is 1. The van der Waals surface area contributed by atoms with Crippen LogP contribution in [0.5, 0.6) is 5.75 Å². The van der Waals surface area contributed by atoms with E-state index in [9.17, 15) is 0 Å². The van der Waals surface area contributed by atoms with Crippen molar-refractivity contribution >= 4 is 0 Å². The lowest BCUT2D eigenvalue weighted by Gasteiger charge is -2.41. The summed E-state index contributed by atoms with van der Waals surface area (Å²) in [5.41, 5.74) is 3.03. The number of benzene rings is 1. The van der Waals surface area contributed by atoms with Crippen molar-refractivity contribution in [3.05, 3.63) is 29.3 Å². The van der Waals surface area contributed by atoms with Crippen molar-refractivity contribution in [1.82, 2.24) is 5.32 Å². The highest BCUT2D eigenvalue weighted by molar-refractivity contribution is 5.46. The molecule has 0 aliphatic heterocycles. The molecule has 0 unspecified atom stereocenters. The van der Waals surface area contributed by atoms with Crippen LogP contribution in [0.4, 0.5) is 0 Å². The summed E-state index contributed by atoms with van der Waals surface area (Å²) in [5, 5.41) is 3.70. The second kappa shape index (κ2) is 5.31. The molecule has 100 valence electrons. The number of hydrogen-bond acceptors (Lipinski definition) is 2. The van der Waals surface area contributed by atoms with E-state index in [0.717, 1.165) is 18.7 Å². The molecule has 2 rings (SSSR count). The molecule has 2 nitrogen and oxygen atoms in total. The Morgan fingerprint density at radius 2 is 2.17 bits per heavy atom. The second-order valence-corrected chi connectivity index (χ2v) is 5.75. The molecule has 1 aliphatic rings. The smallest absolute Gasteiger partial charge is 0.122 e. The Morgan fingerprint density at radius 1 is 1.39 bits per heavy atom. The van der Waals surface area contributed by atoms with Gasteiger partial charge in [0.05, 0.1) is 7.11 Å². The fourth-order valence-electron chi connectivity index (χ4n) is 3.13. The van der Waals surface area contributed by atoms with Crippen LogP contribution in [0.1, 0.15) is 44.7 Å². The van der Waals surface area contributed by atoms with Gasteiger partial charge in [-0.1, -0.05) is 32.9 Å². The zero-order chi connectivity index (χ0) is 13.2. The zero-order valence-corrected chi connectivity index (χ0v) is 12.0. The fraction of sp³-hybridized carbons (Fsp3) is 0.625. The van der Waals surface area contributed by atoms with Crippen LogP contribution in [0.2, 0.25) is 0 Å². The van der Waals surface area contributed by atoms with Gasteiger partial charge in [-0.15, -0.1) is 0 Å². The lowest BCUT2D eigenvalue weighted by molar-refractivity contribution is 0.298. The molecule has 0 radical (unpaired) electrons. The van der Waals surface area contributed by atoms with Crippen LogP contribution in [0.3, 0.4) is 0 Å². The summed E-state index contributed by atoms with van der Waals surface area (Å²) >= 11 is 0. The quantitative estimate of drug-likeness (QED) is 0.881. The highest BCUT2D eigenvalue weighted by Crippen LogP contribution is 2.40. The number of hydrogen-bond donors (Lipinski definition) is 1. The lowest BCUT2D eigenvalue weighted by atomic mass is 9.69. The number of methoxy groups -OCH3 is 1. The van der Waals surface area contributed by atoms with Crippen LogP contribution in [0.15, 0.2) is 18.2 Å². The fourth-order valence-corrected chi connectivity index (χ4v) is 3.13. The van der Waals surface area contributed by atoms with Gasteiger partial charge in [-0.3, -0.25) is 0 Å². The lowest BCUT2D eigenvalue weighted by Crippen LogP contribution is -2.48. The van der Waals surface area contributed by atoms with Crippen molar-refractivity contribution in [3.8, 4) is 5.75 Å². The summed E-state index contributed by atoms with van der Waals surface area (Å²) in [7, 11) is 1.77. The van der Waals surface area contributed by atoms with E-state index >= 15 is 0 Å². The molecular weight excluding hydrogens is 222 g/mol. The first-order chi connectivity index (χ1) is 8.61. The summed E-state index contributed by atoms with van der Waals surface area (Å²) in [4.78, 5) is 0. The summed E-state index contributed by atoms with van der Waals surface area (Å²) in [5.74, 6) is 1.05. The maximum atomic E-state index is 5.50. The van der Waals surface area contributed by atoms with Crippen molar-refractivity contribution in [2.45, 2.75) is 51.5 Å². The van der Waals surface area contributed by atoms with Crippen molar-refractivity contribution in [2.75, 3.05) is 13.7 Å². The maximum Gasteiger partial charge on any atom is 0.122 e. The Morgan fingerprint density at radius 3 is 2.83 bits per heavy atom. The van der Waals surface area contributed by atoms with E-state index in [2.05, 4.69) is 44.3 Å². The molecule has 2 heteroatoms. The molecule has 0 heterocycles. The number of ether oxygens (including phenoxy) is 1. The Balaban J connectivity index is 2.33. The minimum atomic E-state index is 0.178. The third-order valence-corrected chi connectivity index (χ3v) is 4.24. The van der Waals surface area contributed by atoms with Gasteiger partial charge < -0.3 is 10.1 Å². The van der Waals surface area contributed by atoms with Gasteiger partial charge in [0.1, 0.15) is 5.75 Å². The van der Waals surface area contributed by atoms with E-state index < -0.39 is 0 Å². The van der Waals surface area contributed by atoms with Crippen LogP contribution in [-0.2, 0) is 11.8 Å². The van der Waals surface area contributed by atoms with E-state index in [1.54, 1.807) is 7.11 Å². The highest BCUT2D eigenvalue weighted by atomic mass is 16.5. The topological polar surface area (TPSA) is 21.3 Å². The Kier molecular flexibility index (Phi) is 3.96. The molecule has 1 aromatic rings. The van der Waals surface area contributed by atoms with Gasteiger partial charge in [-0.2, -0.15) is 0 Å². The molecule has 1 atom stereocenters. The molecule has 0 saturated carbocycles. The van der Waals surface area contributed by atoms with Gasteiger partial charge in [0.15, 0.2) is 0 Å². The molecule has 0 saturated heterocycles. The minimum Gasteiger partial charge on any atom is -0.496 e. The van der Waals surface area contributed by atoms with Crippen molar-refractivity contribution < 1.29 is 4.74 Å². The van der Waals surface area contributed by atoms with Crippen LogP contribution in [-0.4, -0.2) is 19.7 Å². The summed E-state index contributed by atoms with van der Waals surface area (Å²) < 4.78 is 5.50. The first-order valence-electron chi connectivity index (χ1n) is 7.01. The monoisotopic (exact) mass is 247 g/mol. The Hall–Kier alpha value is -1.02. The van der Waals surface area contributed by atoms with Gasteiger partial charge in [0.2, 0.25) is 0 Å². The number of rotatable bonds is 4. The second-order valence-electron chi connectivity index (χ2n) is 5.75. The minimum absolute atomic E-state index is 0.178. The summed E-state index contributed by atoms with van der Waals surface area (Å²) in [6.07, 6.45) is 3.50. The highest BCUT2D eigenvalue weighted by Gasteiger charge is 2.37.